The Kier molecular flexibility index (Phi) is 4.83. The molecule has 2 rings (SSSR count). The number of aliphatic hydroxyl groups is 3. The Labute approximate surface area is 141 Å². The highest BCUT2D eigenvalue weighted by Crippen LogP contribution is 2.63. The number of rotatable bonds is 4. The summed E-state index contributed by atoms with van der Waals surface area (Å²) in [6, 6.07) is 0. The fourth-order valence-corrected chi connectivity index (χ4v) is 6.05. The van der Waals surface area contributed by atoms with Crippen molar-refractivity contribution < 1.29 is 15.3 Å². The highest BCUT2D eigenvalue weighted by Gasteiger charge is 2.61. The van der Waals surface area contributed by atoms with Gasteiger partial charge < -0.3 is 15.3 Å². The Hall–Kier alpha value is -0.380. The zero-order valence-corrected chi connectivity index (χ0v) is 15.6. The van der Waals surface area contributed by atoms with E-state index in [9.17, 15) is 15.3 Å². The molecular formula is C20H36O3. The molecule has 2 saturated carbocycles. The van der Waals surface area contributed by atoms with Crippen LogP contribution in [0.15, 0.2) is 12.7 Å². The Bertz CT molecular complexity index is 452. The van der Waals surface area contributed by atoms with Crippen molar-refractivity contribution in [1.82, 2.24) is 0 Å². The fraction of sp³-hybridized carbons (Fsp3) is 0.900. The Morgan fingerprint density at radius 3 is 2.39 bits per heavy atom. The third-order valence-corrected chi connectivity index (χ3v) is 7.02. The molecule has 0 radical (unpaired) electrons. The van der Waals surface area contributed by atoms with Gasteiger partial charge in [-0.2, -0.15) is 0 Å². The predicted octanol–water partition coefficient (Wildman–Crippen LogP) is 3.67. The predicted molar refractivity (Wildman–Crippen MR) is 94.0 cm³/mol. The minimum atomic E-state index is -0.901. The van der Waals surface area contributed by atoms with Crippen LogP contribution in [0, 0.1) is 22.7 Å². The molecular weight excluding hydrogens is 288 g/mol. The van der Waals surface area contributed by atoms with E-state index in [0.29, 0.717) is 12.8 Å². The summed E-state index contributed by atoms with van der Waals surface area (Å²) in [5, 5.41) is 32.2. The molecule has 1 unspecified atom stereocenters. The van der Waals surface area contributed by atoms with E-state index in [-0.39, 0.29) is 22.7 Å². The smallest absolute Gasteiger partial charge is 0.0797 e. The summed E-state index contributed by atoms with van der Waals surface area (Å²) in [4.78, 5) is 0. The second kappa shape index (κ2) is 5.86. The first kappa shape index (κ1) is 19.0. The van der Waals surface area contributed by atoms with Crippen LogP contribution in [0.1, 0.15) is 73.1 Å². The van der Waals surface area contributed by atoms with Crippen molar-refractivity contribution >= 4 is 0 Å². The quantitative estimate of drug-likeness (QED) is 0.692. The summed E-state index contributed by atoms with van der Waals surface area (Å²) in [5.41, 5.74) is -1.81. The van der Waals surface area contributed by atoms with Gasteiger partial charge in [-0.1, -0.05) is 33.3 Å². The van der Waals surface area contributed by atoms with Gasteiger partial charge in [0.05, 0.1) is 17.3 Å². The van der Waals surface area contributed by atoms with Crippen molar-refractivity contribution in [3.05, 3.63) is 12.7 Å². The van der Waals surface area contributed by atoms with Crippen LogP contribution >= 0.6 is 0 Å². The van der Waals surface area contributed by atoms with E-state index in [0.717, 1.165) is 25.7 Å². The zero-order chi connectivity index (χ0) is 17.7. The molecule has 0 bridgehead atoms. The van der Waals surface area contributed by atoms with Crippen molar-refractivity contribution in [3.63, 3.8) is 0 Å². The minimum Gasteiger partial charge on any atom is -0.393 e. The van der Waals surface area contributed by atoms with E-state index in [1.807, 2.05) is 6.92 Å². The van der Waals surface area contributed by atoms with Crippen molar-refractivity contribution in [2.75, 3.05) is 0 Å². The molecule has 3 heteroatoms. The van der Waals surface area contributed by atoms with Crippen molar-refractivity contribution in [3.8, 4) is 0 Å². The standard InChI is InChI=1S/C20H36O3/c1-7-18(4,22)12-9-15-19(5)11-8-10-17(2,3)16(19)14(21)13-20(15,6)23/h7,14-16,21-23H,1,8-13H2,2-6H3/t14-,15+,16?,18-,19+,20+/m0/s1. The minimum absolute atomic E-state index is 0.0781. The highest BCUT2D eigenvalue weighted by atomic mass is 16.3. The van der Waals surface area contributed by atoms with Crippen LogP contribution in [-0.4, -0.2) is 32.6 Å². The molecule has 23 heavy (non-hydrogen) atoms. The van der Waals surface area contributed by atoms with Crippen LogP contribution in [0.4, 0.5) is 0 Å². The topological polar surface area (TPSA) is 60.7 Å². The van der Waals surface area contributed by atoms with E-state index in [1.54, 1.807) is 13.0 Å². The molecule has 3 N–H and O–H groups in total. The zero-order valence-electron chi connectivity index (χ0n) is 15.6. The van der Waals surface area contributed by atoms with Gasteiger partial charge in [0.25, 0.3) is 0 Å². The first-order chi connectivity index (χ1) is 10.4. The maximum absolute atomic E-state index is 11.1. The van der Waals surface area contributed by atoms with Crippen LogP contribution in [0.25, 0.3) is 0 Å². The monoisotopic (exact) mass is 324 g/mol. The molecule has 2 aliphatic rings. The van der Waals surface area contributed by atoms with Gasteiger partial charge in [0, 0.05) is 6.42 Å². The lowest BCUT2D eigenvalue weighted by Gasteiger charge is -2.63. The van der Waals surface area contributed by atoms with Crippen LogP contribution in [0.3, 0.4) is 0 Å². The molecule has 6 atom stereocenters. The van der Waals surface area contributed by atoms with Crippen molar-refractivity contribution in [1.29, 1.82) is 0 Å². The fourth-order valence-electron chi connectivity index (χ4n) is 6.05. The summed E-state index contributed by atoms with van der Waals surface area (Å²) < 4.78 is 0. The molecule has 0 aromatic rings. The van der Waals surface area contributed by atoms with Gasteiger partial charge in [-0.3, -0.25) is 0 Å². The largest absolute Gasteiger partial charge is 0.393 e. The van der Waals surface area contributed by atoms with E-state index in [4.69, 9.17) is 0 Å². The highest BCUT2D eigenvalue weighted by molar-refractivity contribution is 5.11. The summed E-state index contributed by atoms with van der Waals surface area (Å²) in [5.74, 6) is 0.275. The maximum Gasteiger partial charge on any atom is 0.0797 e. The summed E-state index contributed by atoms with van der Waals surface area (Å²) in [7, 11) is 0. The molecule has 0 aromatic heterocycles. The summed E-state index contributed by atoms with van der Waals surface area (Å²) in [6.07, 6.45) is 6.21. The summed E-state index contributed by atoms with van der Waals surface area (Å²) in [6.45, 7) is 14.1. The lowest BCUT2D eigenvalue weighted by atomic mass is 9.44. The maximum atomic E-state index is 11.1. The molecule has 0 heterocycles. The Morgan fingerprint density at radius 1 is 1.22 bits per heavy atom. The van der Waals surface area contributed by atoms with Crippen LogP contribution in [0.2, 0.25) is 0 Å². The first-order valence-electron chi connectivity index (χ1n) is 9.12. The second-order valence-corrected chi connectivity index (χ2v) is 9.61. The van der Waals surface area contributed by atoms with Crippen molar-refractivity contribution in [2.45, 2.75) is 90.4 Å². The molecule has 0 spiro atoms. The Morgan fingerprint density at radius 2 is 1.83 bits per heavy atom. The molecule has 2 fully saturated rings. The average Bonchev–Trinajstić information content (AvgIpc) is 2.34. The SMILES string of the molecule is C=C[C@](C)(O)CC[C@@H]1[C@@]2(C)CCCC(C)(C)C2[C@@H](O)C[C@@]1(C)O. The van der Waals surface area contributed by atoms with Crippen molar-refractivity contribution in [2.24, 2.45) is 22.7 Å². The number of hydrogen-bond acceptors (Lipinski definition) is 3. The summed E-state index contributed by atoms with van der Waals surface area (Å²) >= 11 is 0. The van der Waals surface area contributed by atoms with E-state index in [2.05, 4.69) is 27.4 Å². The lowest BCUT2D eigenvalue weighted by molar-refractivity contribution is -0.216. The first-order valence-corrected chi connectivity index (χ1v) is 9.12. The second-order valence-electron chi connectivity index (χ2n) is 9.61. The van der Waals surface area contributed by atoms with Gasteiger partial charge in [-0.15, -0.1) is 6.58 Å². The lowest BCUT2D eigenvalue weighted by Crippen LogP contribution is -2.62. The molecule has 0 aromatic carbocycles. The van der Waals surface area contributed by atoms with Gasteiger partial charge in [0.1, 0.15) is 0 Å². The Balaban J connectivity index is 2.35. The number of aliphatic hydroxyl groups excluding tert-OH is 1. The van der Waals surface area contributed by atoms with E-state index in [1.165, 1.54) is 0 Å². The van der Waals surface area contributed by atoms with E-state index >= 15 is 0 Å². The molecule has 0 saturated heterocycles. The van der Waals surface area contributed by atoms with E-state index < -0.39 is 17.3 Å². The van der Waals surface area contributed by atoms with Crippen LogP contribution in [0.5, 0.6) is 0 Å². The van der Waals surface area contributed by atoms with Gasteiger partial charge in [-0.05, 0) is 62.2 Å². The normalized spacial score (nSPS) is 45.8. The van der Waals surface area contributed by atoms with Crippen LogP contribution < -0.4 is 0 Å². The molecule has 134 valence electrons. The molecule has 0 amide bonds. The molecule has 0 aliphatic heterocycles. The van der Waals surface area contributed by atoms with Gasteiger partial charge >= 0.3 is 0 Å². The van der Waals surface area contributed by atoms with Gasteiger partial charge in [-0.25, -0.2) is 0 Å². The molecule has 2 aliphatic carbocycles. The third-order valence-electron chi connectivity index (χ3n) is 7.02. The number of hydrogen-bond donors (Lipinski definition) is 3. The van der Waals surface area contributed by atoms with Crippen LogP contribution in [-0.2, 0) is 0 Å². The molecule has 3 nitrogen and oxygen atoms in total. The third kappa shape index (κ3) is 3.38. The average molecular weight is 325 g/mol. The van der Waals surface area contributed by atoms with Gasteiger partial charge in [0.15, 0.2) is 0 Å². The van der Waals surface area contributed by atoms with Gasteiger partial charge in [0.2, 0.25) is 0 Å². The number of fused-ring (bicyclic) bond motifs is 1.